The van der Waals surface area contributed by atoms with E-state index < -0.39 is 17.2 Å². The van der Waals surface area contributed by atoms with Gasteiger partial charge in [-0.3, -0.25) is 24.0 Å². The summed E-state index contributed by atoms with van der Waals surface area (Å²) in [5.41, 5.74) is 5.63. The molecule has 0 aliphatic rings. The second-order valence-corrected chi connectivity index (χ2v) is 8.42. The van der Waals surface area contributed by atoms with E-state index in [-0.39, 0.29) is 18.1 Å². The van der Waals surface area contributed by atoms with Crippen LogP contribution < -0.4 is 21.9 Å². The maximum Gasteiger partial charge on any atom is 0.330 e. The van der Waals surface area contributed by atoms with Crippen molar-refractivity contribution < 1.29 is 9.21 Å². The van der Waals surface area contributed by atoms with Crippen LogP contribution in [0, 0.1) is 0 Å². The molecule has 33 heavy (non-hydrogen) atoms. The predicted molar refractivity (Wildman–Crippen MR) is 129 cm³/mol. The number of unbranched alkanes of at least 4 members (excludes halogenated alkanes) is 1. The van der Waals surface area contributed by atoms with Gasteiger partial charge in [-0.1, -0.05) is 25.5 Å². The zero-order valence-corrected chi connectivity index (χ0v) is 18.8. The molecule has 0 saturated heterocycles. The molecule has 4 rings (SSSR count). The van der Waals surface area contributed by atoms with Crippen LogP contribution in [0.2, 0.25) is 0 Å². The number of carbonyl (C=O) groups excluding carboxylic acids is 1. The fraction of sp³-hybridized carbons (Fsp3) is 0.217. The Kier molecular flexibility index (Phi) is 6.55. The van der Waals surface area contributed by atoms with E-state index in [2.05, 4.69) is 9.97 Å². The van der Waals surface area contributed by atoms with Crippen molar-refractivity contribution in [2.24, 2.45) is 0 Å². The summed E-state index contributed by atoms with van der Waals surface area (Å²) in [5, 5.41) is 0.650. The Hall–Kier alpha value is -3.92. The van der Waals surface area contributed by atoms with Gasteiger partial charge in [-0.25, -0.2) is 9.78 Å². The smallest absolute Gasteiger partial charge is 0.330 e. The number of nitrogen functional groups attached to an aromatic ring is 1. The van der Waals surface area contributed by atoms with Gasteiger partial charge in [-0.05, 0) is 36.8 Å². The predicted octanol–water partition coefficient (Wildman–Crippen LogP) is 3.37. The molecule has 4 aromatic rings. The molecule has 0 unspecified atom stereocenters. The van der Waals surface area contributed by atoms with E-state index in [0.29, 0.717) is 23.7 Å². The molecule has 0 radical (unpaired) electrons. The van der Waals surface area contributed by atoms with Crippen LogP contribution in [0.5, 0.6) is 0 Å². The fourth-order valence-corrected chi connectivity index (χ4v) is 4.27. The Bertz CT molecular complexity index is 1380. The average Bonchev–Trinajstić information content (AvgIpc) is 3.45. The SMILES string of the molecule is CCCCn1c(N)c(N(Cc2ccco2)C(=O)C=Cc2nc3ccccc3s2)c(=O)[nH]c1=O. The molecule has 0 spiro atoms. The van der Waals surface area contributed by atoms with Crippen LogP contribution in [-0.4, -0.2) is 20.4 Å². The second-order valence-electron chi connectivity index (χ2n) is 7.36. The molecule has 0 fully saturated rings. The highest BCUT2D eigenvalue weighted by molar-refractivity contribution is 7.19. The van der Waals surface area contributed by atoms with Gasteiger partial charge in [0.2, 0.25) is 0 Å². The number of benzene rings is 1. The van der Waals surface area contributed by atoms with Crippen molar-refractivity contribution in [3.8, 4) is 0 Å². The molecule has 10 heteroatoms. The molecule has 0 atom stereocenters. The van der Waals surface area contributed by atoms with E-state index in [1.807, 2.05) is 31.2 Å². The molecule has 1 amide bonds. The molecule has 9 nitrogen and oxygen atoms in total. The lowest BCUT2D eigenvalue weighted by Gasteiger charge is -2.22. The Labute approximate surface area is 192 Å². The number of aromatic amines is 1. The van der Waals surface area contributed by atoms with Gasteiger partial charge in [0.25, 0.3) is 11.5 Å². The monoisotopic (exact) mass is 465 g/mol. The standard InChI is InChI=1S/C23H23N5O4S/c1-2-3-12-27-21(24)20(22(30)26-23(27)31)28(14-15-7-6-13-32-15)19(29)11-10-18-25-16-8-4-5-9-17(16)33-18/h4-11,13H,2-3,12,14,24H2,1H3,(H,26,30,31). The molecule has 0 aliphatic heterocycles. The molecular weight excluding hydrogens is 442 g/mol. The van der Waals surface area contributed by atoms with Crippen LogP contribution >= 0.6 is 11.3 Å². The Morgan fingerprint density at radius 1 is 1.27 bits per heavy atom. The van der Waals surface area contributed by atoms with Gasteiger partial charge < -0.3 is 10.2 Å². The number of thiazole rings is 1. The highest BCUT2D eigenvalue weighted by Gasteiger charge is 2.24. The van der Waals surface area contributed by atoms with Gasteiger partial charge in [-0.15, -0.1) is 11.3 Å². The summed E-state index contributed by atoms with van der Waals surface area (Å²) in [6, 6.07) is 11.0. The first kappa shape index (κ1) is 22.3. The number of amides is 1. The van der Waals surface area contributed by atoms with Gasteiger partial charge >= 0.3 is 5.69 Å². The average molecular weight is 466 g/mol. The molecule has 170 valence electrons. The molecule has 1 aromatic carbocycles. The third-order valence-electron chi connectivity index (χ3n) is 5.06. The van der Waals surface area contributed by atoms with Crippen molar-refractivity contribution in [1.82, 2.24) is 14.5 Å². The number of hydrogen-bond acceptors (Lipinski definition) is 7. The van der Waals surface area contributed by atoms with Crippen LogP contribution in [0.1, 0.15) is 30.5 Å². The van der Waals surface area contributed by atoms with Crippen LogP contribution in [0.15, 0.2) is 62.7 Å². The maximum atomic E-state index is 13.3. The lowest BCUT2D eigenvalue weighted by molar-refractivity contribution is -0.114. The molecule has 3 heterocycles. The van der Waals surface area contributed by atoms with Crippen LogP contribution in [0.4, 0.5) is 11.5 Å². The van der Waals surface area contributed by atoms with Crippen molar-refractivity contribution in [3.05, 3.63) is 80.3 Å². The highest BCUT2D eigenvalue weighted by Crippen LogP contribution is 2.24. The molecule has 0 bridgehead atoms. The van der Waals surface area contributed by atoms with Gasteiger partial charge in [0.05, 0.1) is 23.0 Å². The van der Waals surface area contributed by atoms with Gasteiger partial charge in [0.1, 0.15) is 16.6 Å². The third-order valence-corrected chi connectivity index (χ3v) is 6.06. The van der Waals surface area contributed by atoms with E-state index in [9.17, 15) is 14.4 Å². The number of furan rings is 1. The van der Waals surface area contributed by atoms with E-state index in [0.717, 1.165) is 16.6 Å². The molecule has 3 N–H and O–H groups in total. The van der Waals surface area contributed by atoms with Crippen LogP contribution in [0.25, 0.3) is 16.3 Å². The van der Waals surface area contributed by atoms with Crippen LogP contribution in [0.3, 0.4) is 0 Å². The molecular formula is C23H23N5O4S. The minimum absolute atomic E-state index is 0.0325. The van der Waals surface area contributed by atoms with E-state index in [4.69, 9.17) is 10.2 Å². The van der Waals surface area contributed by atoms with Gasteiger partial charge in [0, 0.05) is 12.6 Å². The minimum atomic E-state index is -0.737. The zero-order chi connectivity index (χ0) is 23.4. The summed E-state index contributed by atoms with van der Waals surface area (Å²) in [4.78, 5) is 46.3. The third kappa shape index (κ3) is 4.80. The topological polar surface area (TPSA) is 127 Å². The zero-order valence-electron chi connectivity index (χ0n) is 18.0. The number of anilines is 2. The van der Waals surface area contributed by atoms with Gasteiger partial charge in [0.15, 0.2) is 5.69 Å². The second kappa shape index (κ2) is 9.70. The summed E-state index contributed by atoms with van der Waals surface area (Å²) in [6.45, 7) is 2.28. The summed E-state index contributed by atoms with van der Waals surface area (Å²) in [5.74, 6) is -0.101. The minimum Gasteiger partial charge on any atom is -0.467 e. The molecule has 0 saturated carbocycles. The quantitative estimate of drug-likeness (QED) is 0.384. The van der Waals surface area contributed by atoms with Gasteiger partial charge in [-0.2, -0.15) is 0 Å². The number of nitrogens with zero attached hydrogens (tertiary/aromatic N) is 3. The lowest BCUT2D eigenvalue weighted by atomic mass is 10.3. The Morgan fingerprint density at radius 3 is 2.82 bits per heavy atom. The lowest BCUT2D eigenvalue weighted by Crippen LogP contribution is -2.40. The number of H-pyrrole nitrogens is 1. The van der Waals surface area contributed by atoms with Crippen LogP contribution in [-0.2, 0) is 17.9 Å². The fourth-order valence-electron chi connectivity index (χ4n) is 3.40. The van der Waals surface area contributed by atoms with E-state index in [1.54, 1.807) is 18.2 Å². The molecule has 0 aliphatic carbocycles. The van der Waals surface area contributed by atoms with Crippen molar-refractivity contribution >= 4 is 45.0 Å². The number of rotatable bonds is 8. The first-order chi connectivity index (χ1) is 16.0. The number of para-hydroxylation sites is 1. The van der Waals surface area contributed by atoms with Crippen molar-refractivity contribution in [2.45, 2.75) is 32.9 Å². The van der Waals surface area contributed by atoms with E-state index in [1.165, 1.54) is 33.1 Å². The molecule has 3 aromatic heterocycles. The number of fused-ring (bicyclic) bond motifs is 1. The summed E-state index contributed by atoms with van der Waals surface area (Å²) < 4.78 is 7.67. The number of carbonyl (C=O) groups is 1. The highest BCUT2D eigenvalue weighted by atomic mass is 32.1. The van der Waals surface area contributed by atoms with Crippen molar-refractivity contribution in [2.75, 3.05) is 10.6 Å². The van der Waals surface area contributed by atoms with E-state index >= 15 is 0 Å². The number of nitrogens with two attached hydrogens (primary N) is 1. The largest absolute Gasteiger partial charge is 0.467 e. The van der Waals surface area contributed by atoms with Crippen molar-refractivity contribution in [1.29, 1.82) is 0 Å². The summed E-state index contributed by atoms with van der Waals surface area (Å²) in [7, 11) is 0. The van der Waals surface area contributed by atoms with Crippen molar-refractivity contribution in [3.63, 3.8) is 0 Å². The summed E-state index contributed by atoms with van der Waals surface area (Å²) in [6.07, 6.45) is 5.94. The number of nitrogens with one attached hydrogen (secondary N) is 1. The Morgan fingerprint density at radius 2 is 2.09 bits per heavy atom. The normalized spacial score (nSPS) is 11.4. The summed E-state index contributed by atoms with van der Waals surface area (Å²) >= 11 is 1.45. The first-order valence-electron chi connectivity index (χ1n) is 10.5. The maximum absolute atomic E-state index is 13.3. The Balaban J connectivity index is 1.73. The number of hydrogen-bond donors (Lipinski definition) is 2. The number of aromatic nitrogens is 3. The first-order valence-corrected chi connectivity index (χ1v) is 11.3.